The van der Waals surface area contributed by atoms with Gasteiger partial charge >= 0.3 is 12.1 Å². The molecule has 0 aliphatic carbocycles. The second-order valence-corrected chi connectivity index (χ2v) is 7.50. The summed E-state index contributed by atoms with van der Waals surface area (Å²) in [5.74, 6) is -4.73. The Morgan fingerprint density at radius 1 is 1.25 bits per heavy atom. The molecule has 1 fully saturated rings. The molecular weight excluding hydrogens is 376 g/mol. The SMILES string of the molecule is CC(C)(C)OC(=O)N1CCOC(CCC(=O)c2c(F)cc(C(=O)O)cc2F)C1. The van der Waals surface area contributed by atoms with Crippen LogP contribution in [-0.2, 0) is 9.47 Å². The number of amides is 1. The zero-order valence-corrected chi connectivity index (χ0v) is 16.0. The number of ether oxygens (including phenoxy) is 2. The number of hydrogen-bond acceptors (Lipinski definition) is 5. The zero-order chi connectivity index (χ0) is 21.1. The Labute approximate surface area is 161 Å². The molecule has 1 atom stereocenters. The summed E-state index contributed by atoms with van der Waals surface area (Å²) < 4.78 is 38.8. The smallest absolute Gasteiger partial charge is 0.410 e. The predicted octanol–water partition coefficient (Wildman–Crippen LogP) is 3.26. The highest BCUT2D eigenvalue weighted by atomic mass is 19.1. The number of halogens is 2. The number of carbonyl (C=O) groups is 3. The van der Waals surface area contributed by atoms with Gasteiger partial charge in [0.25, 0.3) is 0 Å². The minimum atomic E-state index is -1.49. The van der Waals surface area contributed by atoms with Crippen LogP contribution in [0.25, 0.3) is 0 Å². The van der Waals surface area contributed by atoms with Crippen LogP contribution in [0, 0.1) is 11.6 Å². The number of morpholine rings is 1. The summed E-state index contributed by atoms with van der Waals surface area (Å²) in [5.41, 5.74) is -1.99. The number of Topliss-reactive ketones (excluding diaryl/α,β-unsaturated/α-hetero) is 1. The first-order chi connectivity index (χ1) is 13.0. The van der Waals surface area contributed by atoms with Crippen LogP contribution in [0.2, 0.25) is 0 Å². The minimum absolute atomic E-state index is 0.150. The molecule has 1 aliphatic heterocycles. The average Bonchev–Trinajstić information content (AvgIpc) is 2.58. The van der Waals surface area contributed by atoms with E-state index in [-0.39, 0.29) is 26.0 Å². The molecule has 7 nitrogen and oxygen atoms in total. The summed E-state index contributed by atoms with van der Waals surface area (Å²) in [6.45, 7) is 6.05. The fourth-order valence-corrected chi connectivity index (χ4v) is 2.77. The first-order valence-corrected chi connectivity index (χ1v) is 8.83. The summed E-state index contributed by atoms with van der Waals surface area (Å²) in [6.07, 6.45) is -1.03. The highest BCUT2D eigenvalue weighted by molar-refractivity contribution is 5.98. The van der Waals surface area contributed by atoms with Crippen LogP contribution >= 0.6 is 0 Å². The van der Waals surface area contributed by atoms with Gasteiger partial charge in [0, 0.05) is 13.0 Å². The van der Waals surface area contributed by atoms with E-state index in [1.807, 2.05) is 0 Å². The molecule has 1 N–H and O–H groups in total. The lowest BCUT2D eigenvalue weighted by atomic mass is 10.0. The molecular formula is C19H23F2NO6. The van der Waals surface area contributed by atoms with Crippen molar-refractivity contribution >= 4 is 17.8 Å². The lowest BCUT2D eigenvalue weighted by Gasteiger charge is -2.34. The number of carbonyl (C=O) groups excluding carboxylic acids is 2. The maximum absolute atomic E-state index is 14.0. The highest BCUT2D eigenvalue weighted by Gasteiger charge is 2.29. The summed E-state index contributed by atoms with van der Waals surface area (Å²) >= 11 is 0. The zero-order valence-electron chi connectivity index (χ0n) is 16.0. The lowest BCUT2D eigenvalue weighted by Crippen LogP contribution is -2.47. The number of rotatable bonds is 5. The maximum atomic E-state index is 14.0. The third kappa shape index (κ3) is 5.72. The summed E-state index contributed by atoms with van der Waals surface area (Å²) in [7, 11) is 0. The van der Waals surface area contributed by atoms with E-state index >= 15 is 0 Å². The van der Waals surface area contributed by atoms with E-state index in [0.29, 0.717) is 18.7 Å². The van der Waals surface area contributed by atoms with E-state index in [9.17, 15) is 23.2 Å². The number of ketones is 1. The quantitative estimate of drug-likeness (QED) is 0.764. The van der Waals surface area contributed by atoms with Crippen LogP contribution in [0.3, 0.4) is 0 Å². The second-order valence-electron chi connectivity index (χ2n) is 7.50. The third-order valence-electron chi connectivity index (χ3n) is 4.05. The molecule has 0 aromatic heterocycles. The van der Waals surface area contributed by atoms with Crippen LogP contribution in [0.5, 0.6) is 0 Å². The molecule has 1 amide bonds. The number of aromatic carboxylic acids is 1. The third-order valence-corrected chi connectivity index (χ3v) is 4.05. The molecule has 0 spiro atoms. The predicted molar refractivity (Wildman–Crippen MR) is 94.4 cm³/mol. The molecule has 28 heavy (non-hydrogen) atoms. The van der Waals surface area contributed by atoms with Gasteiger partial charge in [-0.05, 0) is 39.3 Å². The monoisotopic (exact) mass is 399 g/mol. The first kappa shape index (κ1) is 21.7. The summed E-state index contributed by atoms with van der Waals surface area (Å²) in [6, 6.07) is 1.22. The van der Waals surface area contributed by atoms with Gasteiger partial charge in [-0.2, -0.15) is 0 Å². The van der Waals surface area contributed by atoms with Crippen molar-refractivity contribution in [2.75, 3.05) is 19.7 Å². The molecule has 0 radical (unpaired) electrons. The van der Waals surface area contributed by atoms with E-state index in [2.05, 4.69) is 0 Å². The number of carboxylic acid groups (broad SMARTS) is 1. The van der Waals surface area contributed by atoms with Gasteiger partial charge in [0.15, 0.2) is 5.78 Å². The van der Waals surface area contributed by atoms with E-state index in [1.165, 1.54) is 4.90 Å². The van der Waals surface area contributed by atoms with Gasteiger partial charge in [0.05, 0.1) is 30.4 Å². The molecule has 1 aromatic rings. The largest absolute Gasteiger partial charge is 0.478 e. The van der Waals surface area contributed by atoms with Crippen molar-refractivity contribution in [2.24, 2.45) is 0 Å². The minimum Gasteiger partial charge on any atom is -0.478 e. The fourth-order valence-electron chi connectivity index (χ4n) is 2.77. The highest BCUT2D eigenvalue weighted by Crippen LogP contribution is 2.20. The first-order valence-electron chi connectivity index (χ1n) is 8.83. The van der Waals surface area contributed by atoms with Crippen LogP contribution in [0.4, 0.5) is 13.6 Å². The van der Waals surface area contributed by atoms with Crippen molar-refractivity contribution in [2.45, 2.75) is 45.3 Å². The molecule has 0 saturated carbocycles. The van der Waals surface area contributed by atoms with Gasteiger partial charge in [0.1, 0.15) is 17.2 Å². The Bertz CT molecular complexity index is 751. The Balaban J connectivity index is 1.97. The van der Waals surface area contributed by atoms with Gasteiger partial charge in [-0.15, -0.1) is 0 Å². The summed E-state index contributed by atoms with van der Waals surface area (Å²) in [5, 5.41) is 8.80. The Morgan fingerprint density at radius 2 is 1.86 bits per heavy atom. The van der Waals surface area contributed by atoms with Crippen LogP contribution < -0.4 is 0 Å². The van der Waals surface area contributed by atoms with Crippen molar-refractivity contribution in [3.05, 3.63) is 34.9 Å². The molecule has 1 saturated heterocycles. The van der Waals surface area contributed by atoms with Gasteiger partial charge in [-0.3, -0.25) is 4.79 Å². The van der Waals surface area contributed by atoms with Crippen molar-refractivity contribution in [3.8, 4) is 0 Å². The number of hydrogen-bond donors (Lipinski definition) is 1. The average molecular weight is 399 g/mol. The van der Waals surface area contributed by atoms with Crippen molar-refractivity contribution < 1.29 is 37.7 Å². The van der Waals surface area contributed by atoms with Gasteiger partial charge in [-0.1, -0.05) is 0 Å². The number of carboxylic acids is 1. The topological polar surface area (TPSA) is 93.1 Å². The Morgan fingerprint density at radius 3 is 2.39 bits per heavy atom. The number of nitrogens with zero attached hydrogens (tertiary/aromatic N) is 1. The van der Waals surface area contributed by atoms with E-state index in [1.54, 1.807) is 20.8 Å². The Hall–Kier alpha value is -2.55. The number of benzene rings is 1. The molecule has 2 rings (SSSR count). The molecule has 154 valence electrons. The lowest BCUT2D eigenvalue weighted by molar-refractivity contribution is -0.0443. The second kappa shape index (κ2) is 8.64. The van der Waals surface area contributed by atoms with E-state index < -0.39 is 52.3 Å². The maximum Gasteiger partial charge on any atom is 0.410 e. The van der Waals surface area contributed by atoms with E-state index in [0.717, 1.165) is 0 Å². The molecule has 1 unspecified atom stereocenters. The van der Waals surface area contributed by atoms with Gasteiger partial charge < -0.3 is 19.5 Å². The van der Waals surface area contributed by atoms with E-state index in [4.69, 9.17) is 14.6 Å². The van der Waals surface area contributed by atoms with Crippen molar-refractivity contribution in [1.29, 1.82) is 0 Å². The molecule has 1 aromatic carbocycles. The molecule has 0 bridgehead atoms. The van der Waals surface area contributed by atoms with Crippen molar-refractivity contribution in [3.63, 3.8) is 0 Å². The van der Waals surface area contributed by atoms with Crippen LogP contribution in [0.15, 0.2) is 12.1 Å². The van der Waals surface area contributed by atoms with Crippen LogP contribution in [-0.4, -0.2) is 59.3 Å². The van der Waals surface area contributed by atoms with Gasteiger partial charge in [-0.25, -0.2) is 18.4 Å². The van der Waals surface area contributed by atoms with Crippen molar-refractivity contribution in [1.82, 2.24) is 4.90 Å². The molecule has 1 heterocycles. The van der Waals surface area contributed by atoms with Gasteiger partial charge in [0.2, 0.25) is 0 Å². The standard InChI is InChI=1S/C19H23F2NO6/c1-19(2,3)28-18(26)22-6-7-27-12(10-22)4-5-15(23)16-13(20)8-11(17(24)25)9-14(16)21/h8-9,12H,4-7,10H2,1-3H3,(H,24,25). The Kier molecular flexibility index (Phi) is 6.71. The molecule has 1 aliphatic rings. The fraction of sp³-hybridized carbons (Fsp3) is 0.526. The van der Waals surface area contributed by atoms with Crippen LogP contribution in [0.1, 0.15) is 54.3 Å². The normalized spacial score (nSPS) is 17.3. The summed E-state index contributed by atoms with van der Waals surface area (Å²) in [4.78, 5) is 36.6. The molecule has 9 heteroatoms.